The van der Waals surface area contributed by atoms with Crippen LogP contribution < -0.4 is 34.9 Å². The number of nitrogens with zero attached hydrogens (tertiary/aromatic N) is 1. The summed E-state index contributed by atoms with van der Waals surface area (Å²) in [6, 6.07) is 19.8. The summed E-state index contributed by atoms with van der Waals surface area (Å²) >= 11 is 0. The highest BCUT2D eigenvalue weighted by molar-refractivity contribution is 6.09. The number of fused-ring (bicyclic) bond motifs is 4. The Kier molecular flexibility index (Phi) is 18.2. The van der Waals surface area contributed by atoms with Gasteiger partial charge in [-0.3, -0.25) is 19.2 Å². The maximum atomic E-state index is 15.1. The Morgan fingerprint density at radius 2 is 1.20 bits per heavy atom. The van der Waals surface area contributed by atoms with E-state index in [2.05, 4.69) is 62.2 Å². The molecule has 0 bridgehead atoms. The number of halogens is 2. The van der Waals surface area contributed by atoms with Crippen LogP contribution in [0.4, 0.5) is 25.8 Å². The lowest BCUT2D eigenvalue weighted by molar-refractivity contribution is -0.122. The number of amides is 2. The zero-order valence-electron chi connectivity index (χ0n) is 39.8. The minimum Gasteiger partial charge on any atom is -0.454 e. The Morgan fingerprint density at radius 1 is 0.732 bits per heavy atom. The van der Waals surface area contributed by atoms with Crippen LogP contribution in [0.3, 0.4) is 0 Å². The summed E-state index contributed by atoms with van der Waals surface area (Å²) in [5.41, 5.74) is 4.29. The van der Waals surface area contributed by atoms with Crippen molar-refractivity contribution in [2.45, 2.75) is 125 Å². The molecule has 0 spiro atoms. The number of rotatable bonds is 9. The van der Waals surface area contributed by atoms with E-state index in [1.165, 1.54) is 12.1 Å². The minimum absolute atomic E-state index is 0. The molecular formula is C55H72F2N4O10. The normalized spacial score (nSPS) is 16.4. The van der Waals surface area contributed by atoms with Crippen molar-refractivity contribution >= 4 is 52.4 Å². The molecule has 1 atom stereocenters. The number of nitrogens with one attached hydrogen (secondary N) is 3. The zero-order chi connectivity index (χ0) is 49.2. The van der Waals surface area contributed by atoms with Crippen molar-refractivity contribution in [3.05, 3.63) is 101 Å². The van der Waals surface area contributed by atoms with Gasteiger partial charge in [0.2, 0.25) is 25.4 Å². The van der Waals surface area contributed by atoms with Crippen molar-refractivity contribution in [1.29, 1.82) is 0 Å². The van der Waals surface area contributed by atoms with Crippen molar-refractivity contribution in [3.63, 3.8) is 0 Å². The molecule has 2 saturated carbocycles. The molecule has 71 heavy (non-hydrogen) atoms. The van der Waals surface area contributed by atoms with Crippen LogP contribution in [0.15, 0.2) is 66.7 Å². The highest BCUT2D eigenvalue weighted by Crippen LogP contribution is 2.53. The van der Waals surface area contributed by atoms with Gasteiger partial charge in [-0.25, -0.2) is 8.78 Å². The Labute approximate surface area is 416 Å². The number of aromatic nitrogens is 1. The summed E-state index contributed by atoms with van der Waals surface area (Å²) in [6.45, 7) is 13.5. The summed E-state index contributed by atoms with van der Waals surface area (Å²) in [6.07, 6.45) is 4.07. The fourth-order valence-corrected chi connectivity index (χ4v) is 8.76. The zero-order valence-corrected chi connectivity index (χ0v) is 39.8. The number of methoxy groups -OCH3 is 1. The van der Waals surface area contributed by atoms with E-state index in [1.807, 2.05) is 47.0 Å². The van der Waals surface area contributed by atoms with Crippen LogP contribution in [0.1, 0.15) is 112 Å². The Balaban J connectivity index is 0.000000264. The van der Waals surface area contributed by atoms with Crippen molar-refractivity contribution in [3.8, 4) is 23.0 Å². The molecule has 386 valence electrons. The lowest BCUT2D eigenvalue weighted by atomic mass is 9.85. The van der Waals surface area contributed by atoms with Gasteiger partial charge in [-0.05, 0) is 103 Å². The van der Waals surface area contributed by atoms with Gasteiger partial charge in [-0.2, -0.15) is 0 Å². The number of hydrogen-bond donors (Lipinski definition) is 4. The summed E-state index contributed by atoms with van der Waals surface area (Å²) < 4.78 is 57.6. The first-order valence-electron chi connectivity index (χ1n) is 22.6. The van der Waals surface area contributed by atoms with Crippen LogP contribution in [-0.4, -0.2) is 74.5 Å². The van der Waals surface area contributed by atoms with Crippen molar-refractivity contribution in [2.75, 3.05) is 50.4 Å². The number of aldehydes is 2. The minimum atomic E-state index is -0.679. The van der Waals surface area contributed by atoms with Gasteiger partial charge >= 0.3 is 0 Å². The monoisotopic (exact) mass is 987 g/mol. The van der Waals surface area contributed by atoms with Crippen LogP contribution in [-0.2, 0) is 53.1 Å². The van der Waals surface area contributed by atoms with Crippen LogP contribution in [0, 0.1) is 17.0 Å². The van der Waals surface area contributed by atoms with Crippen LogP contribution in [0.2, 0.25) is 0 Å². The number of aliphatic hydroxyl groups excluding tert-OH is 1. The third-order valence-electron chi connectivity index (χ3n) is 12.8. The van der Waals surface area contributed by atoms with Gasteiger partial charge in [0.05, 0.1) is 34.3 Å². The van der Waals surface area contributed by atoms with E-state index in [0.717, 1.165) is 52.7 Å². The Morgan fingerprint density at radius 3 is 1.63 bits per heavy atom. The first kappa shape index (κ1) is 57.1. The smallest absolute Gasteiger partial charge is 0.235 e. The number of aliphatic hydroxyl groups is 1. The fraction of sp³-hybridized carbons (Fsp3) is 0.455. The van der Waals surface area contributed by atoms with Crippen molar-refractivity contribution in [1.82, 2.24) is 4.57 Å². The SMILES string of the molecule is C.C.C.CC(C)(C)C1Cc2cc(NC(=O)C3(c4ccc5c(c4)OCO5)CC3)c(F)cc2N1.CC(C)(C)c1cc2cc(NC(=O)C3(c4ccc5c(c4)OCO5)CC3)c(F)cc2n1CCO.COC.O=CC=O. The highest BCUT2D eigenvalue weighted by Gasteiger charge is 2.53. The maximum absolute atomic E-state index is 15.1. The second kappa shape index (κ2) is 22.7. The van der Waals surface area contributed by atoms with Gasteiger partial charge in [0.15, 0.2) is 35.6 Å². The standard InChI is InChI=1S/C25H27FN2O4.C23H25FN2O3.C2H2O2.C2H6O.3CH4/c1-24(2,3)22-11-15-10-18(17(26)13-19(15)28(22)8-9-29)27-23(30)25(6-7-25)16-4-5-20-21(12-16)32-14-31-20;1-22(2,3)20-9-13-8-17(15(24)11-16(13)25-20)26-21(27)23(6-7-23)14-4-5-18-19(10-14)29-12-28-18;3-1-2-4;1-3-2;;;/h4-5,10-13,29H,6-9,14H2,1-3H3,(H,27,30);4-5,8,10-11,20,25H,6-7,9,12H2,1-3H3,(H,26,27);1-2H;1-2H3;3*1H4. The second-order valence-corrected chi connectivity index (χ2v) is 19.7. The molecule has 1 aromatic heterocycles. The Hall–Kier alpha value is -6.52. The van der Waals surface area contributed by atoms with E-state index in [-0.39, 0.29) is 95.1 Å². The molecule has 5 aromatic rings. The van der Waals surface area contributed by atoms with Gasteiger partial charge in [0.1, 0.15) is 11.6 Å². The number of carbonyl (C=O) groups is 4. The lowest BCUT2D eigenvalue weighted by Crippen LogP contribution is -2.31. The van der Waals surface area contributed by atoms with Crippen molar-refractivity contribution in [2.24, 2.45) is 5.41 Å². The predicted octanol–water partition coefficient (Wildman–Crippen LogP) is 10.6. The topological polar surface area (TPSA) is 176 Å². The van der Waals surface area contributed by atoms with E-state index in [1.54, 1.807) is 26.4 Å². The molecular weight excluding hydrogens is 915 g/mol. The summed E-state index contributed by atoms with van der Waals surface area (Å²) in [5.74, 6) is 1.34. The van der Waals surface area contributed by atoms with Crippen molar-refractivity contribution < 1.29 is 56.7 Å². The summed E-state index contributed by atoms with van der Waals surface area (Å²) in [7, 11) is 3.25. The van der Waals surface area contributed by atoms with Gasteiger partial charge in [-0.15, -0.1) is 0 Å². The molecule has 2 amide bonds. The molecule has 2 aliphatic carbocycles. The molecule has 14 nitrogen and oxygen atoms in total. The molecule has 4 aromatic carbocycles. The second-order valence-electron chi connectivity index (χ2n) is 19.7. The number of anilines is 3. The molecule has 5 aliphatic rings. The van der Waals surface area contributed by atoms with E-state index in [0.29, 0.717) is 47.9 Å². The maximum Gasteiger partial charge on any atom is 0.235 e. The van der Waals surface area contributed by atoms with Gasteiger partial charge < -0.3 is 49.3 Å². The number of ether oxygens (including phenoxy) is 5. The average Bonchev–Trinajstić information content (AvgIpc) is 4.04. The molecule has 10 rings (SSSR count). The van der Waals surface area contributed by atoms with E-state index in [4.69, 9.17) is 28.5 Å². The molecule has 3 aliphatic heterocycles. The third-order valence-corrected chi connectivity index (χ3v) is 12.8. The van der Waals surface area contributed by atoms with E-state index >= 15 is 4.39 Å². The quantitative estimate of drug-likeness (QED) is 0.0817. The first-order valence-corrected chi connectivity index (χ1v) is 22.6. The largest absolute Gasteiger partial charge is 0.454 e. The van der Waals surface area contributed by atoms with E-state index < -0.39 is 22.5 Å². The number of benzene rings is 4. The lowest BCUT2D eigenvalue weighted by Gasteiger charge is -2.27. The molecule has 0 radical (unpaired) electrons. The fourth-order valence-electron chi connectivity index (χ4n) is 8.76. The van der Waals surface area contributed by atoms with E-state index in [9.17, 15) is 19.1 Å². The van der Waals surface area contributed by atoms with Gasteiger partial charge in [0.25, 0.3) is 0 Å². The highest BCUT2D eigenvalue weighted by atomic mass is 19.1. The average molecular weight is 987 g/mol. The number of hydrogen-bond acceptors (Lipinski definition) is 11. The third kappa shape index (κ3) is 12.0. The van der Waals surface area contributed by atoms with Crippen LogP contribution in [0.5, 0.6) is 23.0 Å². The molecule has 4 heterocycles. The van der Waals surface area contributed by atoms with Gasteiger partial charge in [-0.1, -0.05) is 76.0 Å². The number of carbonyl (C=O) groups excluding carboxylic acids is 4. The Bertz CT molecular complexity index is 2710. The molecule has 2 fully saturated rings. The summed E-state index contributed by atoms with van der Waals surface area (Å²) in [5, 5.41) is 19.4. The molecule has 0 saturated heterocycles. The van der Waals surface area contributed by atoms with Gasteiger partial charge in [0, 0.05) is 55.1 Å². The molecule has 1 unspecified atom stereocenters. The summed E-state index contributed by atoms with van der Waals surface area (Å²) in [4.78, 5) is 44.0. The van der Waals surface area contributed by atoms with Crippen LogP contribution >= 0.6 is 0 Å². The molecule has 16 heteroatoms. The predicted molar refractivity (Wildman–Crippen MR) is 274 cm³/mol. The molecule has 4 N–H and O–H groups in total. The van der Waals surface area contributed by atoms with Crippen LogP contribution in [0.25, 0.3) is 10.9 Å². The first-order chi connectivity index (χ1) is 32.3.